The van der Waals surface area contributed by atoms with Crippen LogP contribution in [0.4, 0.5) is 4.79 Å². The standard InChI is InChI=1S/C19H27BrN4O4/c1-19(2,3)28-18(27)23-7-6-22-16(25)13-5-4-8-24(12-13)17(26)14-9-15(20)11-21-10-14/h9-11,13H,4-8,12H2,1-3H3,(H,22,25)(H,23,27). The lowest BCUT2D eigenvalue weighted by Gasteiger charge is -2.32. The Morgan fingerprint density at radius 2 is 1.96 bits per heavy atom. The first-order chi connectivity index (χ1) is 13.2. The Morgan fingerprint density at radius 1 is 1.25 bits per heavy atom. The van der Waals surface area contributed by atoms with Gasteiger partial charge in [-0.05, 0) is 55.6 Å². The minimum atomic E-state index is -0.560. The highest BCUT2D eigenvalue weighted by Crippen LogP contribution is 2.20. The summed E-state index contributed by atoms with van der Waals surface area (Å²) in [6, 6.07) is 1.72. The molecular formula is C19H27BrN4O4. The topological polar surface area (TPSA) is 101 Å². The van der Waals surface area contributed by atoms with Gasteiger partial charge in [-0.2, -0.15) is 0 Å². The number of halogens is 1. The Hall–Kier alpha value is -2.16. The van der Waals surface area contributed by atoms with Gasteiger partial charge in [-0.3, -0.25) is 14.6 Å². The maximum Gasteiger partial charge on any atom is 0.407 e. The lowest BCUT2D eigenvalue weighted by atomic mass is 9.96. The van der Waals surface area contributed by atoms with Crippen LogP contribution in [0.3, 0.4) is 0 Å². The predicted octanol–water partition coefficient (Wildman–Crippen LogP) is 2.34. The molecule has 9 heteroatoms. The third-order valence-electron chi connectivity index (χ3n) is 4.12. The molecule has 1 aliphatic rings. The maximum absolute atomic E-state index is 12.6. The van der Waals surface area contributed by atoms with Crippen LogP contribution in [0.2, 0.25) is 0 Å². The number of likely N-dealkylation sites (tertiary alicyclic amines) is 1. The quantitative estimate of drug-likeness (QED) is 0.664. The molecule has 0 radical (unpaired) electrons. The molecule has 1 aromatic rings. The fourth-order valence-electron chi connectivity index (χ4n) is 2.90. The van der Waals surface area contributed by atoms with Crippen LogP contribution in [0.25, 0.3) is 0 Å². The molecule has 1 fully saturated rings. The predicted molar refractivity (Wildman–Crippen MR) is 108 cm³/mol. The normalized spacial score (nSPS) is 17.0. The van der Waals surface area contributed by atoms with Gasteiger partial charge < -0.3 is 20.3 Å². The van der Waals surface area contributed by atoms with Crippen LogP contribution in [0.1, 0.15) is 44.0 Å². The van der Waals surface area contributed by atoms with Gasteiger partial charge in [-0.15, -0.1) is 0 Å². The molecule has 8 nitrogen and oxygen atoms in total. The molecule has 2 N–H and O–H groups in total. The van der Waals surface area contributed by atoms with Crippen molar-refractivity contribution in [2.24, 2.45) is 5.92 Å². The van der Waals surface area contributed by atoms with Crippen molar-refractivity contribution < 1.29 is 19.1 Å². The molecule has 1 atom stereocenters. The van der Waals surface area contributed by atoms with Gasteiger partial charge in [-0.25, -0.2) is 4.79 Å². The van der Waals surface area contributed by atoms with Crippen LogP contribution in [0, 0.1) is 5.92 Å². The number of nitrogens with zero attached hydrogens (tertiary/aromatic N) is 2. The van der Waals surface area contributed by atoms with Gasteiger partial charge in [-0.1, -0.05) is 0 Å². The number of hydrogen-bond acceptors (Lipinski definition) is 5. The van der Waals surface area contributed by atoms with E-state index in [1.54, 1.807) is 37.9 Å². The van der Waals surface area contributed by atoms with Crippen molar-refractivity contribution in [3.05, 3.63) is 28.5 Å². The zero-order chi connectivity index (χ0) is 20.7. The van der Waals surface area contributed by atoms with E-state index in [9.17, 15) is 14.4 Å². The SMILES string of the molecule is CC(C)(C)OC(=O)NCCNC(=O)C1CCCN(C(=O)c2cncc(Br)c2)C1. The van der Waals surface area contributed by atoms with Crippen molar-refractivity contribution in [2.75, 3.05) is 26.2 Å². The van der Waals surface area contributed by atoms with Crippen LogP contribution < -0.4 is 10.6 Å². The van der Waals surface area contributed by atoms with Crippen molar-refractivity contribution in [1.82, 2.24) is 20.5 Å². The summed E-state index contributed by atoms with van der Waals surface area (Å²) in [5, 5.41) is 5.41. The Morgan fingerprint density at radius 3 is 2.64 bits per heavy atom. The van der Waals surface area contributed by atoms with E-state index in [4.69, 9.17) is 4.74 Å². The molecule has 2 heterocycles. The molecule has 1 unspecified atom stereocenters. The average molecular weight is 455 g/mol. The highest BCUT2D eigenvalue weighted by molar-refractivity contribution is 9.10. The number of aromatic nitrogens is 1. The molecule has 0 bridgehead atoms. The third-order valence-corrected chi connectivity index (χ3v) is 4.56. The third kappa shape index (κ3) is 7.10. The first-order valence-electron chi connectivity index (χ1n) is 9.30. The van der Waals surface area contributed by atoms with Gasteiger partial charge >= 0.3 is 6.09 Å². The molecule has 0 saturated carbocycles. The van der Waals surface area contributed by atoms with E-state index in [-0.39, 0.29) is 24.3 Å². The Balaban J connectivity index is 1.78. The summed E-state index contributed by atoms with van der Waals surface area (Å²) >= 11 is 3.31. The summed E-state index contributed by atoms with van der Waals surface area (Å²) in [6.07, 6.45) is 4.12. The summed E-state index contributed by atoms with van der Waals surface area (Å²) in [4.78, 5) is 42.4. The molecule has 1 saturated heterocycles. The average Bonchev–Trinajstić information content (AvgIpc) is 2.63. The minimum Gasteiger partial charge on any atom is -0.444 e. The second-order valence-electron chi connectivity index (χ2n) is 7.70. The smallest absolute Gasteiger partial charge is 0.407 e. The van der Waals surface area contributed by atoms with Crippen LogP contribution in [0.5, 0.6) is 0 Å². The molecule has 2 rings (SSSR count). The van der Waals surface area contributed by atoms with E-state index in [1.165, 1.54) is 6.20 Å². The van der Waals surface area contributed by atoms with Gasteiger partial charge in [0.15, 0.2) is 0 Å². The monoisotopic (exact) mass is 454 g/mol. The summed E-state index contributed by atoms with van der Waals surface area (Å²) in [6.45, 7) is 6.93. The number of hydrogen-bond donors (Lipinski definition) is 2. The van der Waals surface area contributed by atoms with E-state index in [0.717, 1.165) is 17.3 Å². The molecular weight excluding hydrogens is 428 g/mol. The number of nitrogens with one attached hydrogen (secondary N) is 2. The Labute approximate surface area is 173 Å². The second kappa shape index (κ2) is 9.86. The van der Waals surface area contributed by atoms with Crippen molar-refractivity contribution in [3.63, 3.8) is 0 Å². The molecule has 0 spiro atoms. The van der Waals surface area contributed by atoms with Crippen molar-refractivity contribution >= 4 is 33.8 Å². The maximum atomic E-state index is 12.6. The lowest BCUT2D eigenvalue weighted by molar-refractivity contribution is -0.126. The Kier molecular flexibility index (Phi) is 7.79. The summed E-state index contributed by atoms with van der Waals surface area (Å²) < 4.78 is 5.87. The number of piperidine rings is 1. The van der Waals surface area contributed by atoms with Gasteiger partial charge in [0, 0.05) is 43.0 Å². The van der Waals surface area contributed by atoms with Gasteiger partial charge in [0.25, 0.3) is 5.91 Å². The number of ether oxygens (including phenoxy) is 1. The van der Waals surface area contributed by atoms with Crippen molar-refractivity contribution in [2.45, 2.75) is 39.2 Å². The summed E-state index contributed by atoms with van der Waals surface area (Å²) in [7, 11) is 0. The van der Waals surface area contributed by atoms with E-state index in [1.807, 2.05) is 0 Å². The van der Waals surface area contributed by atoms with Crippen LogP contribution in [-0.4, -0.2) is 59.6 Å². The molecule has 154 valence electrons. The first kappa shape index (κ1) is 22.1. The molecule has 0 aromatic carbocycles. The fraction of sp³-hybridized carbons (Fsp3) is 0.579. The van der Waals surface area contributed by atoms with Gasteiger partial charge in [0.05, 0.1) is 11.5 Å². The zero-order valence-corrected chi connectivity index (χ0v) is 18.0. The van der Waals surface area contributed by atoms with Gasteiger partial charge in [0.1, 0.15) is 5.60 Å². The van der Waals surface area contributed by atoms with E-state index in [0.29, 0.717) is 25.2 Å². The summed E-state index contributed by atoms with van der Waals surface area (Å²) in [5.41, 5.74) is -0.0630. The molecule has 1 aromatic heterocycles. The minimum absolute atomic E-state index is 0.115. The number of alkyl carbamates (subject to hydrolysis) is 1. The van der Waals surface area contributed by atoms with Crippen molar-refractivity contribution in [3.8, 4) is 0 Å². The highest BCUT2D eigenvalue weighted by atomic mass is 79.9. The number of carbonyl (C=O) groups is 3. The van der Waals surface area contributed by atoms with E-state index in [2.05, 4.69) is 31.5 Å². The van der Waals surface area contributed by atoms with Crippen LogP contribution in [-0.2, 0) is 9.53 Å². The van der Waals surface area contributed by atoms with Crippen LogP contribution >= 0.6 is 15.9 Å². The molecule has 0 aliphatic carbocycles. The van der Waals surface area contributed by atoms with E-state index >= 15 is 0 Å². The number of pyridine rings is 1. The first-order valence-corrected chi connectivity index (χ1v) is 10.1. The molecule has 28 heavy (non-hydrogen) atoms. The highest BCUT2D eigenvalue weighted by Gasteiger charge is 2.29. The fourth-order valence-corrected chi connectivity index (χ4v) is 3.26. The van der Waals surface area contributed by atoms with Crippen LogP contribution in [0.15, 0.2) is 22.9 Å². The number of rotatable bonds is 5. The Bertz CT molecular complexity index is 720. The lowest BCUT2D eigenvalue weighted by Crippen LogP contribution is -2.46. The number of carbonyl (C=O) groups excluding carboxylic acids is 3. The summed E-state index contributed by atoms with van der Waals surface area (Å²) in [5.74, 6) is -0.506. The molecule has 1 aliphatic heterocycles. The molecule has 3 amide bonds. The largest absolute Gasteiger partial charge is 0.444 e. The second-order valence-corrected chi connectivity index (χ2v) is 8.62. The van der Waals surface area contributed by atoms with Crippen molar-refractivity contribution in [1.29, 1.82) is 0 Å². The number of amides is 3. The zero-order valence-electron chi connectivity index (χ0n) is 16.5. The van der Waals surface area contributed by atoms with E-state index < -0.39 is 11.7 Å². The van der Waals surface area contributed by atoms with Gasteiger partial charge in [0.2, 0.25) is 5.91 Å².